The van der Waals surface area contributed by atoms with Gasteiger partial charge in [-0.3, -0.25) is 4.90 Å². The lowest BCUT2D eigenvalue weighted by Crippen LogP contribution is -2.27. The van der Waals surface area contributed by atoms with Crippen molar-refractivity contribution in [3.8, 4) is 5.75 Å². The predicted molar refractivity (Wildman–Crippen MR) is 99.3 cm³/mol. The second-order valence-electron chi connectivity index (χ2n) is 6.56. The van der Waals surface area contributed by atoms with E-state index in [1.54, 1.807) is 0 Å². The SMILES string of the molecule is COC(=O)COc1cccc(CN(Cc2ccccc2)CC(C)C)c1. The summed E-state index contributed by atoms with van der Waals surface area (Å²) >= 11 is 0. The normalized spacial score (nSPS) is 10.9. The molecule has 0 unspecified atom stereocenters. The van der Waals surface area contributed by atoms with Crippen LogP contribution >= 0.6 is 0 Å². The number of hydrogen-bond acceptors (Lipinski definition) is 4. The van der Waals surface area contributed by atoms with Gasteiger partial charge in [-0.05, 0) is 29.2 Å². The van der Waals surface area contributed by atoms with Gasteiger partial charge in [-0.2, -0.15) is 0 Å². The van der Waals surface area contributed by atoms with Gasteiger partial charge in [0.15, 0.2) is 6.61 Å². The zero-order valence-corrected chi connectivity index (χ0v) is 15.3. The molecule has 0 saturated carbocycles. The van der Waals surface area contributed by atoms with Crippen LogP contribution in [0.3, 0.4) is 0 Å². The smallest absolute Gasteiger partial charge is 0.343 e. The number of rotatable bonds is 9. The number of esters is 1. The minimum atomic E-state index is -0.379. The molecule has 0 amide bonds. The lowest BCUT2D eigenvalue weighted by Gasteiger charge is -2.24. The maximum Gasteiger partial charge on any atom is 0.343 e. The summed E-state index contributed by atoms with van der Waals surface area (Å²) in [4.78, 5) is 13.6. The van der Waals surface area contributed by atoms with Gasteiger partial charge >= 0.3 is 5.97 Å². The molecule has 2 rings (SSSR count). The molecule has 4 nitrogen and oxygen atoms in total. The van der Waals surface area contributed by atoms with Gasteiger partial charge in [0.05, 0.1) is 7.11 Å². The Labute approximate surface area is 150 Å². The van der Waals surface area contributed by atoms with Gasteiger partial charge in [-0.1, -0.05) is 56.3 Å². The van der Waals surface area contributed by atoms with Crippen LogP contribution < -0.4 is 4.74 Å². The fraction of sp³-hybridized carbons (Fsp3) is 0.381. The minimum absolute atomic E-state index is 0.0698. The third kappa shape index (κ3) is 6.98. The summed E-state index contributed by atoms with van der Waals surface area (Å²) in [6.45, 7) is 7.15. The van der Waals surface area contributed by atoms with Crippen molar-refractivity contribution < 1.29 is 14.3 Å². The fourth-order valence-corrected chi connectivity index (χ4v) is 2.74. The molecule has 0 radical (unpaired) electrons. The number of ether oxygens (including phenoxy) is 2. The zero-order valence-electron chi connectivity index (χ0n) is 15.3. The van der Waals surface area contributed by atoms with Crippen molar-refractivity contribution in [3.05, 3.63) is 65.7 Å². The van der Waals surface area contributed by atoms with Gasteiger partial charge in [0.25, 0.3) is 0 Å². The van der Waals surface area contributed by atoms with Crippen LogP contribution in [0.15, 0.2) is 54.6 Å². The Morgan fingerprint density at radius 1 is 1.00 bits per heavy atom. The molecular weight excluding hydrogens is 314 g/mol. The predicted octanol–water partition coefficient (Wildman–Crippen LogP) is 3.90. The fourth-order valence-electron chi connectivity index (χ4n) is 2.74. The third-order valence-electron chi connectivity index (χ3n) is 3.76. The molecule has 0 aliphatic rings. The Kier molecular flexibility index (Phi) is 7.48. The second kappa shape index (κ2) is 9.84. The summed E-state index contributed by atoms with van der Waals surface area (Å²) in [6, 6.07) is 18.4. The molecule has 0 aliphatic carbocycles. The summed E-state index contributed by atoms with van der Waals surface area (Å²) in [5.41, 5.74) is 2.47. The quantitative estimate of drug-likeness (QED) is 0.649. The second-order valence-corrected chi connectivity index (χ2v) is 6.56. The van der Waals surface area contributed by atoms with Crippen molar-refractivity contribution in [1.82, 2.24) is 4.90 Å². The van der Waals surface area contributed by atoms with Crippen LogP contribution in [0.25, 0.3) is 0 Å². The zero-order chi connectivity index (χ0) is 18.1. The molecule has 25 heavy (non-hydrogen) atoms. The molecule has 0 saturated heterocycles. The van der Waals surface area contributed by atoms with Gasteiger partial charge in [0.1, 0.15) is 5.75 Å². The van der Waals surface area contributed by atoms with Gasteiger partial charge in [0, 0.05) is 19.6 Å². The summed E-state index contributed by atoms with van der Waals surface area (Å²) in [7, 11) is 1.36. The molecule has 0 atom stereocenters. The third-order valence-corrected chi connectivity index (χ3v) is 3.76. The van der Waals surface area contributed by atoms with Crippen molar-refractivity contribution in [2.45, 2.75) is 26.9 Å². The van der Waals surface area contributed by atoms with Gasteiger partial charge in [-0.15, -0.1) is 0 Å². The van der Waals surface area contributed by atoms with E-state index in [0.717, 1.165) is 19.6 Å². The summed E-state index contributed by atoms with van der Waals surface area (Å²) in [6.07, 6.45) is 0. The first-order valence-electron chi connectivity index (χ1n) is 8.61. The highest BCUT2D eigenvalue weighted by Crippen LogP contribution is 2.17. The number of nitrogens with zero attached hydrogens (tertiary/aromatic N) is 1. The van der Waals surface area contributed by atoms with Crippen molar-refractivity contribution in [2.75, 3.05) is 20.3 Å². The average Bonchev–Trinajstić information content (AvgIpc) is 2.60. The molecule has 2 aromatic rings. The first kappa shape index (κ1) is 19.0. The maximum atomic E-state index is 11.2. The van der Waals surface area contributed by atoms with Gasteiger partial charge in [-0.25, -0.2) is 4.79 Å². The van der Waals surface area contributed by atoms with Crippen molar-refractivity contribution in [3.63, 3.8) is 0 Å². The van der Waals surface area contributed by atoms with Crippen LogP contribution in [-0.4, -0.2) is 31.1 Å². The van der Waals surface area contributed by atoms with E-state index >= 15 is 0 Å². The molecule has 0 heterocycles. The van der Waals surface area contributed by atoms with E-state index in [9.17, 15) is 4.79 Å². The molecule has 0 aliphatic heterocycles. The van der Waals surface area contributed by atoms with E-state index in [1.165, 1.54) is 18.2 Å². The van der Waals surface area contributed by atoms with Crippen LogP contribution in [0.4, 0.5) is 0 Å². The van der Waals surface area contributed by atoms with Crippen molar-refractivity contribution in [2.24, 2.45) is 5.92 Å². The van der Waals surface area contributed by atoms with Gasteiger partial charge in [0.2, 0.25) is 0 Å². The molecule has 0 fully saturated rings. The van der Waals surface area contributed by atoms with E-state index in [4.69, 9.17) is 4.74 Å². The molecule has 0 spiro atoms. The molecule has 4 heteroatoms. The molecule has 134 valence electrons. The van der Waals surface area contributed by atoms with E-state index in [1.807, 2.05) is 24.3 Å². The maximum absolute atomic E-state index is 11.2. The van der Waals surface area contributed by atoms with Crippen LogP contribution in [0.1, 0.15) is 25.0 Å². The lowest BCUT2D eigenvalue weighted by molar-refractivity contribution is -0.142. The standard InChI is InChI=1S/C21H27NO3/c1-17(2)13-22(14-18-8-5-4-6-9-18)15-19-10-7-11-20(12-19)25-16-21(23)24-3/h4-12,17H,13-16H2,1-3H3. The van der Waals surface area contributed by atoms with Crippen molar-refractivity contribution >= 4 is 5.97 Å². The Morgan fingerprint density at radius 2 is 1.68 bits per heavy atom. The van der Waals surface area contributed by atoms with E-state index in [2.05, 4.69) is 53.8 Å². The highest BCUT2D eigenvalue weighted by molar-refractivity contribution is 5.70. The Morgan fingerprint density at radius 3 is 2.36 bits per heavy atom. The van der Waals surface area contributed by atoms with E-state index in [0.29, 0.717) is 11.7 Å². The number of carbonyl (C=O) groups excluding carboxylic acids is 1. The number of benzene rings is 2. The van der Waals surface area contributed by atoms with Crippen molar-refractivity contribution in [1.29, 1.82) is 0 Å². The van der Waals surface area contributed by atoms with Crippen LogP contribution in [0, 0.1) is 5.92 Å². The molecule has 0 N–H and O–H groups in total. The van der Waals surface area contributed by atoms with Gasteiger partial charge < -0.3 is 9.47 Å². The Balaban J connectivity index is 2.03. The highest BCUT2D eigenvalue weighted by Gasteiger charge is 2.10. The highest BCUT2D eigenvalue weighted by atomic mass is 16.6. The van der Waals surface area contributed by atoms with Crippen LogP contribution in [0.2, 0.25) is 0 Å². The summed E-state index contributed by atoms with van der Waals surface area (Å²) in [5.74, 6) is 0.894. The Bertz CT molecular complexity index is 655. The number of carbonyl (C=O) groups is 1. The van der Waals surface area contributed by atoms with E-state index in [-0.39, 0.29) is 12.6 Å². The average molecular weight is 341 g/mol. The monoisotopic (exact) mass is 341 g/mol. The van der Waals surface area contributed by atoms with Crippen LogP contribution in [-0.2, 0) is 22.6 Å². The Hall–Kier alpha value is -2.33. The van der Waals surface area contributed by atoms with Crippen LogP contribution in [0.5, 0.6) is 5.75 Å². The molecule has 0 bridgehead atoms. The first-order valence-corrected chi connectivity index (χ1v) is 8.61. The minimum Gasteiger partial charge on any atom is -0.482 e. The summed E-state index contributed by atoms with van der Waals surface area (Å²) in [5, 5.41) is 0. The first-order chi connectivity index (χ1) is 12.1. The summed E-state index contributed by atoms with van der Waals surface area (Å²) < 4.78 is 10.1. The molecule has 0 aromatic heterocycles. The molecule has 2 aromatic carbocycles. The van der Waals surface area contributed by atoms with E-state index < -0.39 is 0 Å². The topological polar surface area (TPSA) is 38.8 Å². The lowest BCUT2D eigenvalue weighted by atomic mass is 10.1. The number of methoxy groups -OCH3 is 1. The molecular formula is C21H27NO3. The number of hydrogen-bond donors (Lipinski definition) is 0. The largest absolute Gasteiger partial charge is 0.482 e.